The van der Waals surface area contributed by atoms with Gasteiger partial charge in [0.15, 0.2) is 0 Å². The van der Waals surface area contributed by atoms with Gasteiger partial charge in [0, 0.05) is 24.3 Å². The summed E-state index contributed by atoms with van der Waals surface area (Å²) in [4.78, 5) is 2.14. The molecule has 1 aromatic carbocycles. The third kappa shape index (κ3) is 1.92. The molecule has 0 amide bonds. The quantitative estimate of drug-likeness (QED) is 0.773. The van der Waals surface area contributed by atoms with E-state index < -0.39 is 0 Å². The van der Waals surface area contributed by atoms with Gasteiger partial charge in [0.25, 0.3) is 0 Å². The number of aromatic hydroxyl groups is 1. The van der Waals surface area contributed by atoms with Crippen molar-refractivity contribution in [3.63, 3.8) is 0 Å². The molecule has 0 aromatic heterocycles. The van der Waals surface area contributed by atoms with Crippen LogP contribution in [0.2, 0.25) is 0 Å². The van der Waals surface area contributed by atoms with Crippen LogP contribution in [0.25, 0.3) is 0 Å². The van der Waals surface area contributed by atoms with Crippen molar-refractivity contribution in [1.29, 1.82) is 0 Å². The van der Waals surface area contributed by atoms with Crippen LogP contribution in [-0.2, 0) is 6.42 Å². The number of aliphatic hydroxyl groups is 1. The van der Waals surface area contributed by atoms with E-state index in [2.05, 4.69) is 4.90 Å². The summed E-state index contributed by atoms with van der Waals surface area (Å²) in [7, 11) is 0. The van der Waals surface area contributed by atoms with Gasteiger partial charge in [0.1, 0.15) is 5.75 Å². The van der Waals surface area contributed by atoms with Crippen LogP contribution in [0.3, 0.4) is 0 Å². The highest BCUT2D eigenvalue weighted by molar-refractivity contribution is 5.59. The number of rotatable bonds is 2. The molecule has 2 N–H and O–H groups in total. The second-order valence-electron chi connectivity index (χ2n) is 4.02. The molecule has 1 aromatic rings. The number of phenols is 1. The SMILES string of the molecule is CCc1c(O)cccc1N1CCC(O)C1. The van der Waals surface area contributed by atoms with Gasteiger partial charge in [-0.15, -0.1) is 0 Å². The van der Waals surface area contributed by atoms with Crippen molar-refractivity contribution in [2.45, 2.75) is 25.9 Å². The summed E-state index contributed by atoms with van der Waals surface area (Å²) in [6.07, 6.45) is 1.41. The number of aliphatic hydroxyl groups excluding tert-OH is 1. The lowest BCUT2D eigenvalue weighted by molar-refractivity contribution is 0.198. The summed E-state index contributed by atoms with van der Waals surface area (Å²) in [5.41, 5.74) is 2.04. The van der Waals surface area contributed by atoms with E-state index in [1.165, 1.54) is 0 Å². The van der Waals surface area contributed by atoms with Crippen LogP contribution in [0.4, 0.5) is 5.69 Å². The highest BCUT2D eigenvalue weighted by atomic mass is 16.3. The Labute approximate surface area is 90.0 Å². The predicted molar refractivity (Wildman–Crippen MR) is 60.3 cm³/mol. The molecule has 3 nitrogen and oxygen atoms in total. The average Bonchev–Trinajstić information content (AvgIpc) is 2.64. The molecule has 1 atom stereocenters. The van der Waals surface area contributed by atoms with Crippen LogP contribution >= 0.6 is 0 Å². The third-order valence-electron chi connectivity index (χ3n) is 2.98. The summed E-state index contributed by atoms with van der Waals surface area (Å²) < 4.78 is 0. The largest absolute Gasteiger partial charge is 0.508 e. The Morgan fingerprint density at radius 1 is 1.47 bits per heavy atom. The number of phenolic OH excluding ortho intramolecular Hbond substituents is 1. The molecule has 2 rings (SSSR count). The van der Waals surface area contributed by atoms with Crippen molar-refractivity contribution in [1.82, 2.24) is 0 Å². The molecular weight excluding hydrogens is 190 g/mol. The number of hydrogen-bond acceptors (Lipinski definition) is 3. The van der Waals surface area contributed by atoms with Gasteiger partial charge in [-0.05, 0) is 25.0 Å². The fraction of sp³-hybridized carbons (Fsp3) is 0.500. The lowest BCUT2D eigenvalue weighted by Crippen LogP contribution is -2.22. The van der Waals surface area contributed by atoms with E-state index in [0.717, 1.165) is 30.6 Å². The topological polar surface area (TPSA) is 43.7 Å². The fourth-order valence-corrected chi connectivity index (χ4v) is 2.18. The first-order valence-electron chi connectivity index (χ1n) is 5.46. The maximum Gasteiger partial charge on any atom is 0.120 e. The minimum Gasteiger partial charge on any atom is -0.508 e. The van der Waals surface area contributed by atoms with E-state index in [-0.39, 0.29) is 6.10 Å². The first-order chi connectivity index (χ1) is 7.22. The first-order valence-corrected chi connectivity index (χ1v) is 5.46. The Morgan fingerprint density at radius 2 is 2.27 bits per heavy atom. The fourth-order valence-electron chi connectivity index (χ4n) is 2.18. The smallest absolute Gasteiger partial charge is 0.120 e. The van der Waals surface area contributed by atoms with Gasteiger partial charge in [-0.1, -0.05) is 13.0 Å². The second kappa shape index (κ2) is 4.11. The van der Waals surface area contributed by atoms with Gasteiger partial charge < -0.3 is 15.1 Å². The van der Waals surface area contributed by atoms with Crippen molar-refractivity contribution in [3.05, 3.63) is 23.8 Å². The first kappa shape index (κ1) is 10.3. The Balaban J connectivity index is 2.31. The summed E-state index contributed by atoms with van der Waals surface area (Å²) >= 11 is 0. The van der Waals surface area contributed by atoms with Gasteiger partial charge in [-0.2, -0.15) is 0 Å². The minimum absolute atomic E-state index is 0.225. The van der Waals surface area contributed by atoms with Gasteiger partial charge in [-0.3, -0.25) is 0 Å². The van der Waals surface area contributed by atoms with Gasteiger partial charge in [0.2, 0.25) is 0 Å². The van der Waals surface area contributed by atoms with E-state index in [1.807, 2.05) is 19.1 Å². The van der Waals surface area contributed by atoms with E-state index in [9.17, 15) is 10.2 Å². The lowest BCUT2D eigenvalue weighted by Gasteiger charge is -2.21. The van der Waals surface area contributed by atoms with Crippen LogP contribution in [0.5, 0.6) is 5.75 Å². The number of anilines is 1. The molecule has 0 saturated carbocycles. The van der Waals surface area contributed by atoms with E-state index >= 15 is 0 Å². The van der Waals surface area contributed by atoms with Crippen LogP contribution in [0.1, 0.15) is 18.9 Å². The third-order valence-corrected chi connectivity index (χ3v) is 2.98. The van der Waals surface area contributed by atoms with Crippen LogP contribution in [-0.4, -0.2) is 29.4 Å². The monoisotopic (exact) mass is 207 g/mol. The average molecular weight is 207 g/mol. The molecule has 1 fully saturated rings. The van der Waals surface area contributed by atoms with Crippen LogP contribution in [0.15, 0.2) is 18.2 Å². The Morgan fingerprint density at radius 3 is 2.87 bits per heavy atom. The summed E-state index contributed by atoms with van der Waals surface area (Å²) in [5, 5.41) is 19.2. The Hall–Kier alpha value is -1.22. The second-order valence-corrected chi connectivity index (χ2v) is 4.02. The zero-order valence-electron chi connectivity index (χ0n) is 8.98. The van der Waals surface area contributed by atoms with Crippen molar-refractivity contribution in [2.24, 2.45) is 0 Å². The van der Waals surface area contributed by atoms with Crippen molar-refractivity contribution in [3.8, 4) is 5.75 Å². The van der Waals surface area contributed by atoms with Crippen molar-refractivity contribution >= 4 is 5.69 Å². The lowest BCUT2D eigenvalue weighted by atomic mass is 10.1. The van der Waals surface area contributed by atoms with E-state index in [4.69, 9.17) is 0 Å². The molecule has 0 spiro atoms. The highest BCUT2D eigenvalue weighted by Crippen LogP contribution is 2.31. The molecule has 1 unspecified atom stereocenters. The van der Waals surface area contributed by atoms with Crippen LogP contribution < -0.4 is 4.90 Å². The van der Waals surface area contributed by atoms with Crippen LogP contribution in [0, 0.1) is 0 Å². The Kier molecular flexibility index (Phi) is 2.82. The highest BCUT2D eigenvalue weighted by Gasteiger charge is 2.22. The molecule has 1 heterocycles. The predicted octanol–water partition coefficient (Wildman–Crippen LogP) is 1.53. The van der Waals surface area contributed by atoms with Gasteiger partial charge in [0.05, 0.1) is 6.10 Å². The molecule has 1 aliphatic rings. The van der Waals surface area contributed by atoms with Crippen molar-refractivity contribution < 1.29 is 10.2 Å². The zero-order valence-corrected chi connectivity index (χ0v) is 8.98. The standard InChI is InChI=1S/C12H17NO2/c1-2-10-11(4-3-5-12(10)15)13-7-6-9(14)8-13/h3-5,9,14-15H,2,6-8H2,1H3. The molecule has 0 bridgehead atoms. The maximum atomic E-state index is 9.73. The van der Waals surface area contributed by atoms with Gasteiger partial charge in [-0.25, -0.2) is 0 Å². The number of nitrogens with zero attached hydrogens (tertiary/aromatic N) is 1. The molecule has 82 valence electrons. The summed E-state index contributed by atoms with van der Waals surface area (Å²) in [6.45, 7) is 3.58. The summed E-state index contributed by atoms with van der Waals surface area (Å²) in [6, 6.07) is 5.58. The van der Waals surface area contributed by atoms with E-state index in [0.29, 0.717) is 12.3 Å². The molecule has 0 radical (unpaired) electrons. The van der Waals surface area contributed by atoms with Gasteiger partial charge >= 0.3 is 0 Å². The number of β-amino-alcohol motifs (C(OH)–C–C–N with tert-alkyl or cyclic N) is 1. The molecule has 0 aliphatic carbocycles. The molecule has 1 saturated heterocycles. The van der Waals surface area contributed by atoms with Crippen molar-refractivity contribution in [2.75, 3.05) is 18.0 Å². The Bertz CT molecular complexity index is 351. The molecular formula is C12H17NO2. The zero-order chi connectivity index (χ0) is 10.8. The molecule has 3 heteroatoms. The number of benzene rings is 1. The normalized spacial score (nSPS) is 20.9. The molecule has 1 aliphatic heterocycles. The molecule has 15 heavy (non-hydrogen) atoms. The minimum atomic E-state index is -0.225. The van der Waals surface area contributed by atoms with E-state index in [1.54, 1.807) is 6.07 Å². The number of hydrogen-bond donors (Lipinski definition) is 2. The maximum absolute atomic E-state index is 9.73. The summed E-state index contributed by atoms with van der Waals surface area (Å²) in [5.74, 6) is 0.358.